The number of fused-ring (bicyclic) bond motifs is 5. The molecule has 4 saturated carbocycles. The van der Waals surface area contributed by atoms with Gasteiger partial charge in [0, 0.05) is 18.4 Å². The Morgan fingerprint density at radius 1 is 1.16 bits per heavy atom. The van der Waals surface area contributed by atoms with Crippen LogP contribution in [0.3, 0.4) is 0 Å². The molecule has 0 radical (unpaired) electrons. The second-order valence-corrected chi connectivity index (χ2v) is 11.9. The molecule has 0 amide bonds. The lowest BCUT2D eigenvalue weighted by Crippen LogP contribution is -2.62. The summed E-state index contributed by atoms with van der Waals surface area (Å²) in [5.41, 5.74) is 6.49. The molecule has 4 aliphatic rings. The SMILES string of the molecule is C[C@]12CC[C@H](OCCCC(=N)N)C[C@H]1CCC1C2CC[C@]2(C)[C@@H](c3ccoc3)CC[C@]12O. The zero-order valence-electron chi connectivity index (χ0n) is 19.9. The van der Waals surface area contributed by atoms with E-state index in [1.54, 1.807) is 6.26 Å². The minimum absolute atomic E-state index is 0.0434. The summed E-state index contributed by atoms with van der Waals surface area (Å²) < 4.78 is 11.6. The monoisotopic (exact) mass is 442 g/mol. The van der Waals surface area contributed by atoms with Gasteiger partial charge in [0.1, 0.15) is 0 Å². The molecule has 0 aromatic carbocycles. The first-order valence-electron chi connectivity index (χ1n) is 13.0. The Morgan fingerprint density at radius 3 is 2.75 bits per heavy atom. The third-order valence-corrected chi connectivity index (χ3v) is 10.7. The lowest BCUT2D eigenvalue weighted by Gasteiger charge is -2.63. The van der Waals surface area contributed by atoms with E-state index >= 15 is 0 Å². The maximum absolute atomic E-state index is 12.3. The smallest absolute Gasteiger partial charge is 0.0937 e. The number of hydrogen-bond acceptors (Lipinski definition) is 4. The van der Waals surface area contributed by atoms with E-state index in [0.717, 1.165) is 44.9 Å². The van der Waals surface area contributed by atoms with Crippen molar-refractivity contribution in [2.45, 2.75) is 102 Å². The molecule has 0 bridgehead atoms. The summed E-state index contributed by atoms with van der Waals surface area (Å²) in [4.78, 5) is 0. The lowest BCUT2D eigenvalue weighted by molar-refractivity contribution is -0.207. The second kappa shape index (κ2) is 8.16. The molecule has 1 aromatic heterocycles. The van der Waals surface area contributed by atoms with E-state index in [1.807, 2.05) is 6.26 Å². The van der Waals surface area contributed by atoms with Crippen LogP contribution >= 0.6 is 0 Å². The predicted octanol–water partition coefficient (Wildman–Crippen LogP) is 5.62. The Labute approximate surface area is 193 Å². The fourth-order valence-electron chi connectivity index (χ4n) is 8.86. The minimum atomic E-state index is -0.550. The van der Waals surface area contributed by atoms with Gasteiger partial charge in [-0.15, -0.1) is 0 Å². The van der Waals surface area contributed by atoms with Crippen LogP contribution in [0.4, 0.5) is 0 Å². The van der Waals surface area contributed by atoms with Crippen molar-refractivity contribution < 1.29 is 14.3 Å². The van der Waals surface area contributed by atoms with Gasteiger partial charge in [0.05, 0.1) is 30.1 Å². The van der Waals surface area contributed by atoms with Gasteiger partial charge in [-0.25, -0.2) is 0 Å². The van der Waals surface area contributed by atoms with E-state index in [-0.39, 0.29) is 11.3 Å². The van der Waals surface area contributed by atoms with Crippen molar-refractivity contribution in [1.82, 2.24) is 0 Å². The Morgan fingerprint density at radius 2 is 2.00 bits per heavy atom. The molecule has 2 unspecified atom stereocenters. The molecule has 4 aliphatic carbocycles. The van der Waals surface area contributed by atoms with Gasteiger partial charge in [0.15, 0.2) is 0 Å². The predicted molar refractivity (Wildman–Crippen MR) is 126 cm³/mol. The van der Waals surface area contributed by atoms with Gasteiger partial charge in [0.2, 0.25) is 0 Å². The second-order valence-electron chi connectivity index (χ2n) is 11.9. The third-order valence-electron chi connectivity index (χ3n) is 10.7. The molecular formula is C27H42N2O3. The molecule has 5 rings (SSSR count). The minimum Gasteiger partial charge on any atom is -0.472 e. The van der Waals surface area contributed by atoms with Crippen LogP contribution in [0.2, 0.25) is 0 Å². The highest BCUT2D eigenvalue weighted by molar-refractivity contribution is 5.76. The summed E-state index contributed by atoms with van der Waals surface area (Å²) in [5, 5.41) is 19.7. The molecule has 8 atom stereocenters. The van der Waals surface area contributed by atoms with Crippen LogP contribution in [0.15, 0.2) is 23.0 Å². The van der Waals surface area contributed by atoms with E-state index in [9.17, 15) is 5.11 Å². The lowest BCUT2D eigenvalue weighted by atomic mass is 9.43. The summed E-state index contributed by atoms with van der Waals surface area (Å²) in [5.74, 6) is 2.42. The first-order chi connectivity index (χ1) is 15.3. The molecule has 1 aromatic rings. The number of amidine groups is 1. The van der Waals surface area contributed by atoms with Gasteiger partial charge in [-0.2, -0.15) is 0 Å². The van der Waals surface area contributed by atoms with Crippen molar-refractivity contribution >= 4 is 5.84 Å². The number of aliphatic hydroxyl groups is 1. The summed E-state index contributed by atoms with van der Waals surface area (Å²) in [7, 11) is 0. The average molecular weight is 443 g/mol. The molecule has 5 nitrogen and oxygen atoms in total. The molecular weight excluding hydrogens is 400 g/mol. The van der Waals surface area contributed by atoms with Crippen LogP contribution in [0, 0.1) is 34.0 Å². The molecule has 178 valence electrons. The highest BCUT2D eigenvalue weighted by Crippen LogP contribution is 2.70. The maximum atomic E-state index is 12.3. The van der Waals surface area contributed by atoms with Gasteiger partial charge in [0.25, 0.3) is 0 Å². The van der Waals surface area contributed by atoms with Gasteiger partial charge in [-0.1, -0.05) is 13.8 Å². The van der Waals surface area contributed by atoms with Gasteiger partial charge >= 0.3 is 0 Å². The van der Waals surface area contributed by atoms with Crippen molar-refractivity contribution in [3.05, 3.63) is 24.2 Å². The first-order valence-corrected chi connectivity index (χ1v) is 13.0. The number of ether oxygens (including phenoxy) is 1. The Kier molecular flexibility index (Phi) is 5.73. The Bertz CT molecular complexity index is 825. The number of nitrogens with one attached hydrogen (secondary N) is 1. The number of rotatable bonds is 6. The van der Waals surface area contributed by atoms with E-state index in [1.165, 1.54) is 24.8 Å². The van der Waals surface area contributed by atoms with Crippen LogP contribution < -0.4 is 5.73 Å². The molecule has 0 aliphatic heterocycles. The fourth-order valence-corrected chi connectivity index (χ4v) is 8.86. The van der Waals surface area contributed by atoms with E-state index in [0.29, 0.717) is 48.2 Å². The maximum Gasteiger partial charge on any atom is 0.0937 e. The van der Waals surface area contributed by atoms with Crippen LogP contribution in [0.5, 0.6) is 0 Å². The molecule has 4 N–H and O–H groups in total. The normalized spacial score (nSPS) is 45.7. The molecule has 0 saturated heterocycles. The van der Waals surface area contributed by atoms with Crippen molar-refractivity contribution in [2.24, 2.45) is 34.3 Å². The number of nitrogens with two attached hydrogens (primary N) is 1. The Balaban J connectivity index is 1.29. The quantitative estimate of drug-likeness (QED) is 0.303. The highest BCUT2D eigenvalue weighted by atomic mass is 16.5. The average Bonchev–Trinajstić information content (AvgIpc) is 3.37. The molecule has 0 spiro atoms. The molecule has 32 heavy (non-hydrogen) atoms. The summed E-state index contributed by atoms with van der Waals surface area (Å²) in [6, 6.07) is 2.11. The summed E-state index contributed by atoms with van der Waals surface area (Å²) >= 11 is 0. The first kappa shape index (κ1) is 22.5. The van der Waals surface area contributed by atoms with Crippen LogP contribution in [0.1, 0.15) is 96.0 Å². The highest BCUT2D eigenvalue weighted by Gasteiger charge is 2.67. The van der Waals surface area contributed by atoms with Gasteiger partial charge < -0.3 is 20.0 Å². The van der Waals surface area contributed by atoms with E-state index in [2.05, 4.69) is 19.9 Å². The van der Waals surface area contributed by atoms with Crippen LogP contribution in [0.25, 0.3) is 0 Å². The standard InChI is InChI=1S/C27H42N2O3/c1-25-11-7-20(32-14-3-4-24(28)29)16-19(25)5-6-23-22(25)8-12-26(2)21(9-13-27(23,26)30)18-10-15-31-17-18/h10,15,17,19-23,30H,3-9,11-14,16H2,1-2H3,(H3,28,29)/t19-,20+,21-,22?,23?,25+,26-,27+/m1/s1. The zero-order valence-corrected chi connectivity index (χ0v) is 19.9. The van der Waals surface area contributed by atoms with Gasteiger partial charge in [-0.3, -0.25) is 5.41 Å². The van der Waals surface area contributed by atoms with Crippen molar-refractivity contribution in [3.8, 4) is 0 Å². The summed E-state index contributed by atoms with van der Waals surface area (Å²) in [6.07, 6.45) is 15.8. The topological polar surface area (TPSA) is 92.5 Å². The molecule has 4 fully saturated rings. The third kappa shape index (κ3) is 3.37. The number of hydrogen-bond donors (Lipinski definition) is 3. The van der Waals surface area contributed by atoms with E-state index in [4.69, 9.17) is 20.3 Å². The van der Waals surface area contributed by atoms with Crippen molar-refractivity contribution in [2.75, 3.05) is 6.61 Å². The van der Waals surface area contributed by atoms with Gasteiger partial charge in [-0.05, 0) is 105 Å². The largest absolute Gasteiger partial charge is 0.472 e. The van der Waals surface area contributed by atoms with Crippen LogP contribution in [-0.2, 0) is 4.74 Å². The molecule has 1 heterocycles. The Hall–Kier alpha value is -1.33. The van der Waals surface area contributed by atoms with Crippen molar-refractivity contribution in [1.29, 1.82) is 5.41 Å². The molecule has 5 heteroatoms. The number of furan rings is 1. The zero-order chi connectivity index (χ0) is 22.6. The van der Waals surface area contributed by atoms with E-state index < -0.39 is 5.60 Å². The van der Waals surface area contributed by atoms with Crippen LogP contribution in [-0.4, -0.2) is 29.3 Å². The fraction of sp³-hybridized carbons (Fsp3) is 0.815. The summed E-state index contributed by atoms with van der Waals surface area (Å²) in [6.45, 7) is 5.62. The van der Waals surface area contributed by atoms with Crippen molar-refractivity contribution in [3.63, 3.8) is 0 Å².